The Hall–Kier alpha value is -1.65. The van der Waals surface area contributed by atoms with Crippen molar-refractivity contribution in [3.8, 4) is 0 Å². The van der Waals surface area contributed by atoms with Crippen LogP contribution in [0.15, 0.2) is 23.2 Å². The SMILES string of the molecule is NC1=NCC(c2cc(F)cc(F)c2)O1. The van der Waals surface area contributed by atoms with E-state index in [1.165, 1.54) is 12.1 Å². The molecule has 5 heteroatoms. The zero-order chi connectivity index (χ0) is 10.1. The Bertz CT molecular complexity index is 372. The summed E-state index contributed by atoms with van der Waals surface area (Å²) in [5, 5.41) is 0. The number of aliphatic imine (C=N–C) groups is 1. The first kappa shape index (κ1) is 8.93. The Morgan fingerprint density at radius 1 is 1.29 bits per heavy atom. The fraction of sp³-hybridized carbons (Fsp3) is 0.222. The fourth-order valence-corrected chi connectivity index (χ4v) is 1.33. The number of hydrogen-bond acceptors (Lipinski definition) is 3. The van der Waals surface area contributed by atoms with E-state index in [-0.39, 0.29) is 6.02 Å². The largest absolute Gasteiger partial charge is 0.455 e. The minimum absolute atomic E-state index is 0.0552. The molecular formula is C9H8F2N2O. The first-order valence-corrected chi connectivity index (χ1v) is 4.08. The molecular weight excluding hydrogens is 190 g/mol. The lowest BCUT2D eigenvalue weighted by Crippen LogP contribution is -2.13. The van der Waals surface area contributed by atoms with E-state index in [2.05, 4.69) is 4.99 Å². The summed E-state index contributed by atoms with van der Waals surface area (Å²) in [7, 11) is 0. The molecule has 3 nitrogen and oxygen atoms in total. The molecule has 0 saturated heterocycles. The van der Waals surface area contributed by atoms with Crippen molar-refractivity contribution in [1.82, 2.24) is 0 Å². The molecule has 0 aliphatic carbocycles. The molecule has 1 heterocycles. The highest BCUT2D eigenvalue weighted by atomic mass is 19.1. The molecule has 0 saturated carbocycles. The fourth-order valence-electron chi connectivity index (χ4n) is 1.33. The molecule has 1 atom stereocenters. The maximum absolute atomic E-state index is 12.8. The van der Waals surface area contributed by atoms with Crippen LogP contribution < -0.4 is 5.73 Å². The maximum atomic E-state index is 12.8. The van der Waals surface area contributed by atoms with Crippen molar-refractivity contribution in [1.29, 1.82) is 0 Å². The van der Waals surface area contributed by atoms with E-state index in [1.807, 2.05) is 0 Å². The number of ether oxygens (including phenoxy) is 1. The minimum Gasteiger partial charge on any atom is -0.455 e. The third-order valence-corrected chi connectivity index (χ3v) is 1.93. The maximum Gasteiger partial charge on any atom is 0.282 e. The second kappa shape index (κ2) is 3.25. The van der Waals surface area contributed by atoms with Crippen molar-refractivity contribution in [2.45, 2.75) is 6.10 Å². The summed E-state index contributed by atoms with van der Waals surface area (Å²) < 4.78 is 30.7. The first-order valence-electron chi connectivity index (χ1n) is 4.08. The van der Waals surface area contributed by atoms with Crippen LogP contribution in [0.2, 0.25) is 0 Å². The van der Waals surface area contributed by atoms with Crippen LogP contribution in [-0.4, -0.2) is 12.6 Å². The van der Waals surface area contributed by atoms with Gasteiger partial charge in [-0.3, -0.25) is 0 Å². The van der Waals surface area contributed by atoms with E-state index in [4.69, 9.17) is 10.5 Å². The molecule has 0 fully saturated rings. The van der Waals surface area contributed by atoms with Gasteiger partial charge in [0.05, 0.1) is 6.54 Å². The average molecular weight is 198 g/mol. The van der Waals surface area contributed by atoms with Gasteiger partial charge in [0.1, 0.15) is 17.7 Å². The van der Waals surface area contributed by atoms with E-state index in [0.717, 1.165) is 6.07 Å². The molecule has 1 aromatic rings. The van der Waals surface area contributed by atoms with Crippen molar-refractivity contribution in [3.05, 3.63) is 35.4 Å². The van der Waals surface area contributed by atoms with Gasteiger partial charge in [-0.15, -0.1) is 0 Å². The van der Waals surface area contributed by atoms with E-state index >= 15 is 0 Å². The van der Waals surface area contributed by atoms with E-state index in [0.29, 0.717) is 12.1 Å². The van der Waals surface area contributed by atoms with Crippen LogP contribution in [0.25, 0.3) is 0 Å². The Balaban J connectivity index is 2.25. The van der Waals surface area contributed by atoms with Gasteiger partial charge in [-0.05, 0) is 12.1 Å². The lowest BCUT2D eigenvalue weighted by molar-refractivity contribution is 0.225. The normalized spacial score (nSPS) is 20.4. The molecule has 0 amide bonds. The van der Waals surface area contributed by atoms with Crippen LogP contribution in [0.3, 0.4) is 0 Å². The van der Waals surface area contributed by atoms with Gasteiger partial charge in [0.25, 0.3) is 6.02 Å². The zero-order valence-corrected chi connectivity index (χ0v) is 7.21. The smallest absolute Gasteiger partial charge is 0.282 e. The van der Waals surface area contributed by atoms with Crippen LogP contribution in [-0.2, 0) is 4.74 Å². The van der Waals surface area contributed by atoms with E-state index in [1.54, 1.807) is 0 Å². The third kappa shape index (κ3) is 1.66. The summed E-state index contributed by atoms with van der Waals surface area (Å²) in [5.74, 6) is -1.26. The average Bonchev–Trinajstić information content (AvgIpc) is 2.50. The van der Waals surface area contributed by atoms with Gasteiger partial charge >= 0.3 is 0 Å². The van der Waals surface area contributed by atoms with Gasteiger partial charge in [-0.1, -0.05) is 0 Å². The summed E-state index contributed by atoms with van der Waals surface area (Å²) in [6, 6.07) is 3.28. The molecule has 0 aromatic heterocycles. The van der Waals surface area contributed by atoms with Gasteiger partial charge < -0.3 is 10.5 Å². The first-order chi connectivity index (χ1) is 6.65. The van der Waals surface area contributed by atoms with Crippen molar-refractivity contribution < 1.29 is 13.5 Å². The molecule has 2 N–H and O–H groups in total. The highest BCUT2D eigenvalue weighted by molar-refractivity contribution is 5.73. The van der Waals surface area contributed by atoms with Crippen LogP contribution in [0.1, 0.15) is 11.7 Å². The molecule has 0 radical (unpaired) electrons. The summed E-state index contributed by atoms with van der Waals surface area (Å²) in [6.45, 7) is 0.300. The quantitative estimate of drug-likeness (QED) is 0.740. The molecule has 74 valence electrons. The minimum atomic E-state index is -0.630. The third-order valence-electron chi connectivity index (χ3n) is 1.93. The molecule has 1 aliphatic heterocycles. The standard InChI is InChI=1S/C9H8F2N2O/c10-6-1-5(2-7(11)3-6)8-4-13-9(12)14-8/h1-3,8H,4H2,(H2,12,13). The molecule has 1 unspecified atom stereocenters. The topological polar surface area (TPSA) is 47.6 Å². The number of halogens is 2. The van der Waals surface area contributed by atoms with E-state index in [9.17, 15) is 8.78 Å². The van der Waals surface area contributed by atoms with Crippen molar-refractivity contribution in [2.75, 3.05) is 6.54 Å². The molecule has 14 heavy (non-hydrogen) atoms. The molecule has 1 aliphatic rings. The number of nitrogens with zero attached hydrogens (tertiary/aromatic N) is 1. The highest BCUT2D eigenvalue weighted by Crippen LogP contribution is 2.23. The monoisotopic (exact) mass is 198 g/mol. The Morgan fingerprint density at radius 3 is 2.43 bits per heavy atom. The number of hydrogen-bond donors (Lipinski definition) is 1. The lowest BCUT2D eigenvalue weighted by Gasteiger charge is -2.09. The van der Waals surface area contributed by atoms with Gasteiger partial charge in [0.15, 0.2) is 0 Å². The summed E-state index contributed by atoms with van der Waals surface area (Å²) in [4.78, 5) is 3.78. The number of benzene rings is 1. The summed E-state index contributed by atoms with van der Waals surface area (Å²) in [5.41, 5.74) is 5.69. The van der Waals surface area contributed by atoms with Crippen molar-refractivity contribution in [2.24, 2.45) is 10.7 Å². The second-order valence-corrected chi connectivity index (χ2v) is 2.99. The number of amidine groups is 1. The van der Waals surface area contributed by atoms with Crippen molar-refractivity contribution in [3.63, 3.8) is 0 Å². The van der Waals surface area contributed by atoms with Gasteiger partial charge in [0.2, 0.25) is 0 Å². The summed E-state index contributed by atoms with van der Waals surface area (Å²) in [6.07, 6.45) is -0.472. The molecule has 0 spiro atoms. The predicted molar refractivity (Wildman–Crippen MR) is 46.7 cm³/mol. The van der Waals surface area contributed by atoms with E-state index < -0.39 is 17.7 Å². The second-order valence-electron chi connectivity index (χ2n) is 2.99. The van der Waals surface area contributed by atoms with Gasteiger partial charge in [0, 0.05) is 11.6 Å². The predicted octanol–water partition coefficient (Wildman–Crippen LogP) is 1.35. The molecule has 2 rings (SSSR count). The lowest BCUT2D eigenvalue weighted by atomic mass is 10.1. The summed E-state index contributed by atoms with van der Waals surface area (Å²) >= 11 is 0. The Kier molecular flexibility index (Phi) is 2.07. The number of rotatable bonds is 1. The van der Waals surface area contributed by atoms with Crippen LogP contribution >= 0.6 is 0 Å². The highest BCUT2D eigenvalue weighted by Gasteiger charge is 2.20. The number of nitrogens with two attached hydrogens (primary N) is 1. The molecule has 0 bridgehead atoms. The molecule has 1 aromatic carbocycles. The van der Waals surface area contributed by atoms with Crippen molar-refractivity contribution >= 4 is 6.02 Å². The zero-order valence-electron chi connectivity index (χ0n) is 7.21. The van der Waals surface area contributed by atoms with Gasteiger partial charge in [-0.2, -0.15) is 0 Å². The Morgan fingerprint density at radius 2 is 1.93 bits per heavy atom. The van der Waals surface area contributed by atoms with Crippen LogP contribution in [0.5, 0.6) is 0 Å². The van der Waals surface area contributed by atoms with Crippen LogP contribution in [0, 0.1) is 11.6 Å². The Labute approximate surface area is 79.2 Å². The van der Waals surface area contributed by atoms with Crippen LogP contribution in [0.4, 0.5) is 8.78 Å². The van der Waals surface area contributed by atoms with Gasteiger partial charge in [-0.25, -0.2) is 13.8 Å².